The summed E-state index contributed by atoms with van der Waals surface area (Å²) in [4.78, 5) is 11.8. The number of carbonyl (C=O) groups excluding carboxylic acids is 1. The lowest BCUT2D eigenvalue weighted by atomic mass is 10.1. The average Bonchev–Trinajstić information content (AvgIpc) is 2.62. The lowest BCUT2D eigenvalue weighted by molar-refractivity contribution is -0.123. The number of hydrazone groups is 1. The van der Waals surface area contributed by atoms with Crippen molar-refractivity contribution in [1.82, 2.24) is 5.43 Å². The fourth-order valence-electron chi connectivity index (χ4n) is 2.31. The molecule has 0 aromatic heterocycles. The van der Waals surface area contributed by atoms with E-state index < -0.39 is 5.91 Å². The molecule has 0 saturated heterocycles. The number of fused-ring (bicyclic) bond motifs is 1. The van der Waals surface area contributed by atoms with Crippen LogP contribution >= 0.6 is 0 Å². The highest BCUT2D eigenvalue weighted by atomic mass is 16.5. The van der Waals surface area contributed by atoms with Crippen molar-refractivity contribution in [2.45, 2.75) is 0 Å². The summed E-state index contributed by atoms with van der Waals surface area (Å²) in [5.74, 6) is 0.00281. The van der Waals surface area contributed by atoms with Crippen molar-refractivity contribution >= 4 is 22.9 Å². The Morgan fingerprint density at radius 3 is 2.72 bits per heavy atom. The number of hydrogen-bond acceptors (Lipinski definition) is 5. The Hall–Kier alpha value is -3.54. The standard InChI is InChI=1S/C19H16N2O4/c22-15-9-8-14(17(23)10-15)11-20-21-19(24)12-25-18-7-3-5-13-4-1-2-6-16(13)18/h1-11,22-23H,12H2,(H,21,24)/b20-11-. The first-order valence-electron chi connectivity index (χ1n) is 7.58. The molecular weight excluding hydrogens is 320 g/mol. The Kier molecular flexibility index (Phi) is 4.80. The molecule has 0 radical (unpaired) electrons. The Bertz CT molecular complexity index is 932. The van der Waals surface area contributed by atoms with Crippen molar-refractivity contribution in [3.8, 4) is 17.2 Å². The van der Waals surface area contributed by atoms with Crippen molar-refractivity contribution in [3.63, 3.8) is 0 Å². The highest BCUT2D eigenvalue weighted by Crippen LogP contribution is 2.25. The third-order valence-electron chi connectivity index (χ3n) is 3.52. The fourth-order valence-corrected chi connectivity index (χ4v) is 2.31. The third kappa shape index (κ3) is 4.06. The number of hydrogen-bond donors (Lipinski definition) is 3. The smallest absolute Gasteiger partial charge is 0.277 e. The van der Waals surface area contributed by atoms with Crippen LogP contribution in [0.1, 0.15) is 5.56 Å². The first-order chi connectivity index (χ1) is 12.1. The number of ether oxygens (including phenoxy) is 1. The highest BCUT2D eigenvalue weighted by Gasteiger charge is 2.05. The van der Waals surface area contributed by atoms with Crippen LogP contribution in [0.3, 0.4) is 0 Å². The minimum atomic E-state index is -0.428. The van der Waals surface area contributed by atoms with Gasteiger partial charge in [0.2, 0.25) is 0 Å². The van der Waals surface area contributed by atoms with Gasteiger partial charge >= 0.3 is 0 Å². The largest absolute Gasteiger partial charge is 0.508 e. The van der Waals surface area contributed by atoms with Crippen LogP contribution in [-0.2, 0) is 4.79 Å². The molecule has 3 aromatic rings. The zero-order valence-corrected chi connectivity index (χ0v) is 13.2. The van der Waals surface area contributed by atoms with Gasteiger partial charge in [0.25, 0.3) is 5.91 Å². The van der Waals surface area contributed by atoms with E-state index in [1.807, 2.05) is 36.4 Å². The number of carbonyl (C=O) groups is 1. The van der Waals surface area contributed by atoms with Gasteiger partial charge in [0.1, 0.15) is 17.2 Å². The molecule has 25 heavy (non-hydrogen) atoms. The molecule has 6 heteroatoms. The molecule has 0 unspecified atom stereocenters. The molecule has 3 rings (SSSR count). The number of nitrogens with one attached hydrogen (secondary N) is 1. The molecular formula is C19H16N2O4. The minimum Gasteiger partial charge on any atom is -0.508 e. The van der Waals surface area contributed by atoms with Crippen molar-refractivity contribution in [1.29, 1.82) is 0 Å². The van der Waals surface area contributed by atoms with E-state index in [1.54, 1.807) is 6.07 Å². The van der Waals surface area contributed by atoms with Gasteiger partial charge in [0.15, 0.2) is 6.61 Å². The number of aromatic hydroxyl groups is 2. The molecule has 0 heterocycles. The highest BCUT2D eigenvalue weighted by molar-refractivity contribution is 5.89. The number of phenolic OH excluding ortho intramolecular Hbond substituents is 2. The predicted octanol–water partition coefficient (Wildman–Crippen LogP) is 2.78. The van der Waals surface area contributed by atoms with E-state index in [1.165, 1.54) is 24.4 Å². The second-order valence-corrected chi connectivity index (χ2v) is 5.30. The van der Waals surface area contributed by atoms with Gasteiger partial charge in [-0.15, -0.1) is 0 Å². The summed E-state index contributed by atoms with van der Waals surface area (Å²) < 4.78 is 5.55. The lowest BCUT2D eigenvalue weighted by Gasteiger charge is -2.08. The molecule has 0 saturated carbocycles. The number of phenols is 2. The van der Waals surface area contributed by atoms with E-state index in [0.717, 1.165) is 10.8 Å². The van der Waals surface area contributed by atoms with Crippen molar-refractivity contribution in [3.05, 3.63) is 66.2 Å². The molecule has 0 atom stereocenters. The van der Waals surface area contributed by atoms with E-state index in [-0.39, 0.29) is 18.1 Å². The van der Waals surface area contributed by atoms with Crippen LogP contribution in [0, 0.1) is 0 Å². The molecule has 3 N–H and O–H groups in total. The minimum absolute atomic E-state index is 0.0535. The van der Waals surface area contributed by atoms with Crippen molar-refractivity contribution in [2.24, 2.45) is 5.10 Å². The first kappa shape index (κ1) is 16.3. The summed E-state index contributed by atoms with van der Waals surface area (Å²) in [5, 5.41) is 24.6. The van der Waals surface area contributed by atoms with Crippen LogP contribution in [0.2, 0.25) is 0 Å². The molecule has 0 spiro atoms. The zero-order valence-electron chi connectivity index (χ0n) is 13.2. The molecule has 6 nitrogen and oxygen atoms in total. The quantitative estimate of drug-likeness (QED) is 0.493. The fraction of sp³-hybridized carbons (Fsp3) is 0.0526. The number of nitrogens with zero attached hydrogens (tertiary/aromatic N) is 1. The van der Waals surface area contributed by atoms with Gasteiger partial charge in [0.05, 0.1) is 6.21 Å². The van der Waals surface area contributed by atoms with Gasteiger partial charge in [-0.1, -0.05) is 36.4 Å². The van der Waals surface area contributed by atoms with E-state index in [0.29, 0.717) is 11.3 Å². The Morgan fingerprint density at radius 1 is 1.08 bits per heavy atom. The topological polar surface area (TPSA) is 91.2 Å². The number of benzene rings is 3. The van der Waals surface area contributed by atoms with Gasteiger partial charge in [-0.25, -0.2) is 5.43 Å². The van der Waals surface area contributed by atoms with E-state index in [4.69, 9.17) is 4.74 Å². The number of amides is 1. The van der Waals surface area contributed by atoms with E-state index in [9.17, 15) is 15.0 Å². The summed E-state index contributed by atoms with van der Waals surface area (Å²) >= 11 is 0. The van der Waals surface area contributed by atoms with Crippen LogP contribution in [0.25, 0.3) is 10.8 Å². The van der Waals surface area contributed by atoms with Crippen LogP contribution < -0.4 is 10.2 Å². The van der Waals surface area contributed by atoms with Gasteiger partial charge in [-0.05, 0) is 23.6 Å². The summed E-state index contributed by atoms with van der Waals surface area (Å²) in [6.45, 7) is -0.188. The molecule has 0 bridgehead atoms. The summed E-state index contributed by atoms with van der Waals surface area (Å²) in [6, 6.07) is 17.4. The second kappa shape index (κ2) is 7.35. The van der Waals surface area contributed by atoms with Crippen LogP contribution in [-0.4, -0.2) is 28.9 Å². The maximum absolute atomic E-state index is 11.8. The Balaban J connectivity index is 1.58. The van der Waals surface area contributed by atoms with Crippen LogP contribution in [0.4, 0.5) is 0 Å². The van der Waals surface area contributed by atoms with Gasteiger partial charge in [0, 0.05) is 17.0 Å². The Labute approximate surface area is 144 Å². The summed E-state index contributed by atoms with van der Waals surface area (Å²) in [6.07, 6.45) is 1.28. The lowest BCUT2D eigenvalue weighted by Crippen LogP contribution is -2.24. The first-order valence-corrected chi connectivity index (χ1v) is 7.58. The molecule has 126 valence electrons. The second-order valence-electron chi connectivity index (χ2n) is 5.30. The summed E-state index contributed by atoms with van der Waals surface area (Å²) in [5.41, 5.74) is 2.69. The average molecular weight is 336 g/mol. The van der Waals surface area contributed by atoms with Crippen molar-refractivity contribution in [2.75, 3.05) is 6.61 Å². The van der Waals surface area contributed by atoms with E-state index in [2.05, 4.69) is 10.5 Å². The zero-order chi connectivity index (χ0) is 17.6. The van der Waals surface area contributed by atoms with Crippen LogP contribution in [0.5, 0.6) is 17.2 Å². The Morgan fingerprint density at radius 2 is 1.88 bits per heavy atom. The normalized spacial score (nSPS) is 10.9. The molecule has 0 aliphatic rings. The molecule has 0 aliphatic carbocycles. The molecule has 1 amide bonds. The SMILES string of the molecule is O=C(COc1cccc2ccccc12)N/N=C\c1ccc(O)cc1O. The molecule has 0 aliphatic heterocycles. The molecule has 0 fully saturated rings. The maximum atomic E-state index is 11.8. The predicted molar refractivity (Wildman–Crippen MR) is 95.0 cm³/mol. The number of rotatable bonds is 5. The summed E-state index contributed by atoms with van der Waals surface area (Å²) in [7, 11) is 0. The maximum Gasteiger partial charge on any atom is 0.277 e. The van der Waals surface area contributed by atoms with Crippen LogP contribution in [0.15, 0.2) is 65.8 Å². The van der Waals surface area contributed by atoms with Gasteiger partial charge < -0.3 is 14.9 Å². The third-order valence-corrected chi connectivity index (χ3v) is 3.52. The van der Waals surface area contributed by atoms with Gasteiger partial charge in [-0.3, -0.25) is 4.79 Å². The van der Waals surface area contributed by atoms with Gasteiger partial charge in [-0.2, -0.15) is 5.10 Å². The van der Waals surface area contributed by atoms with Crippen molar-refractivity contribution < 1.29 is 19.7 Å². The van der Waals surface area contributed by atoms with E-state index >= 15 is 0 Å². The monoisotopic (exact) mass is 336 g/mol. The molecule has 3 aromatic carbocycles.